The summed E-state index contributed by atoms with van der Waals surface area (Å²) in [6, 6.07) is 0.552. The molecule has 0 aliphatic carbocycles. The molecule has 100 valence electrons. The molecule has 2 rings (SSSR count). The van der Waals surface area contributed by atoms with Gasteiger partial charge in [-0.3, -0.25) is 0 Å². The van der Waals surface area contributed by atoms with E-state index in [1.807, 2.05) is 6.92 Å². The highest BCUT2D eigenvalue weighted by Crippen LogP contribution is 2.19. The minimum absolute atomic E-state index is 0.185. The maximum atomic E-state index is 5.68. The molecule has 1 atom stereocenters. The van der Waals surface area contributed by atoms with Crippen molar-refractivity contribution in [1.82, 2.24) is 15.0 Å². The first-order valence-electron chi connectivity index (χ1n) is 6.23. The molecule has 1 fully saturated rings. The number of morpholine rings is 1. The lowest BCUT2D eigenvalue weighted by molar-refractivity contribution is 0.0920. The molecular weight excluding hydrogens is 234 g/mol. The second-order valence-electron chi connectivity index (χ2n) is 4.04. The van der Waals surface area contributed by atoms with Gasteiger partial charge in [0.25, 0.3) is 0 Å². The average molecular weight is 253 g/mol. The third kappa shape index (κ3) is 2.79. The van der Waals surface area contributed by atoms with Gasteiger partial charge in [-0.15, -0.1) is 0 Å². The van der Waals surface area contributed by atoms with E-state index in [1.54, 1.807) is 0 Å². The molecule has 1 aromatic heterocycles. The number of hydrogen-bond donors (Lipinski definition) is 1. The lowest BCUT2D eigenvalue weighted by Gasteiger charge is -2.34. The Labute approximate surface area is 106 Å². The second-order valence-corrected chi connectivity index (χ2v) is 4.04. The van der Waals surface area contributed by atoms with E-state index < -0.39 is 0 Å². The summed E-state index contributed by atoms with van der Waals surface area (Å²) >= 11 is 0. The van der Waals surface area contributed by atoms with Crippen molar-refractivity contribution in [3.05, 3.63) is 0 Å². The Hall–Kier alpha value is -1.63. The van der Waals surface area contributed by atoms with Gasteiger partial charge in [-0.05, 0) is 13.3 Å². The lowest BCUT2D eigenvalue weighted by atomic mass is 10.2. The molecule has 0 radical (unpaired) electrons. The van der Waals surface area contributed by atoms with Crippen LogP contribution >= 0.6 is 0 Å². The van der Waals surface area contributed by atoms with Gasteiger partial charge >= 0.3 is 6.01 Å². The summed E-state index contributed by atoms with van der Waals surface area (Å²) in [5.74, 6) is 0.755. The lowest BCUT2D eigenvalue weighted by Crippen LogP contribution is -2.46. The van der Waals surface area contributed by atoms with Gasteiger partial charge in [-0.1, -0.05) is 6.92 Å². The Morgan fingerprint density at radius 3 is 2.94 bits per heavy atom. The van der Waals surface area contributed by atoms with Gasteiger partial charge in [0.15, 0.2) is 0 Å². The maximum Gasteiger partial charge on any atom is 0.323 e. The van der Waals surface area contributed by atoms with Crippen LogP contribution in [0.2, 0.25) is 0 Å². The molecule has 1 aliphatic rings. The smallest absolute Gasteiger partial charge is 0.323 e. The molecule has 1 unspecified atom stereocenters. The third-order valence-corrected chi connectivity index (χ3v) is 2.85. The number of ether oxygens (including phenoxy) is 2. The summed E-state index contributed by atoms with van der Waals surface area (Å²) in [5.41, 5.74) is 5.68. The highest BCUT2D eigenvalue weighted by Gasteiger charge is 2.24. The minimum atomic E-state index is 0.185. The number of nitrogens with two attached hydrogens (primary N) is 1. The van der Waals surface area contributed by atoms with Gasteiger partial charge in [0.05, 0.1) is 25.9 Å². The number of aromatic nitrogens is 3. The molecule has 0 aromatic carbocycles. The largest absolute Gasteiger partial charge is 0.464 e. The summed E-state index contributed by atoms with van der Waals surface area (Å²) < 4.78 is 10.7. The van der Waals surface area contributed by atoms with Crippen molar-refractivity contribution in [3.63, 3.8) is 0 Å². The molecular formula is C11H19N5O2. The monoisotopic (exact) mass is 253 g/mol. The van der Waals surface area contributed by atoms with Crippen LogP contribution in [0.15, 0.2) is 0 Å². The molecule has 2 heterocycles. The van der Waals surface area contributed by atoms with E-state index in [0.717, 1.165) is 13.0 Å². The van der Waals surface area contributed by atoms with Gasteiger partial charge in [-0.25, -0.2) is 0 Å². The van der Waals surface area contributed by atoms with Crippen molar-refractivity contribution in [2.75, 3.05) is 37.0 Å². The molecule has 0 saturated carbocycles. The highest BCUT2D eigenvalue weighted by atomic mass is 16.5. The Bertz CT molecular complexity index is 401. The number of hydrogen-bond acceptors (Lipinski definition) is 7. The molecule has 7 heteroatoms. The van der Waals surface area contributed by atoms with E-state index in [4.69, 9.17) is 15.2 Å². The first-order chi connectivity index (χ1) is 8.74. The average Bonchev–Trinajstić information content (AvgIpc) is 2.38. The number of nitrogens with zero attached hydrogens (tertiary/aromatic N) is 4. The van der Waals surface area contributed by atoms with Crippen molar-refractivity contribution < 1.29 is 9.47 Å². The predicted molar refractivity (Wildman–Crippen MR) is 67.7 cm³/mol. The Morgan fingerprint density at radius 1 is 1.39 bits per heavy atom. The van der Waals surface area contributed by atoms with Gasteiger partial charge in [0.1, 0.15) is 0 Å². The van der Waals surface area contributed by atoms with E-state index in [2.05, 4.69) is 26.8 Å². The van der Waals surface area contributed by atoms with Crippen LogP contribution in [0.1, 0.15) is 20.3 Å². The van der Waals surface area contributed by atoms with Crippen molar-refractivity contribution >= 4 is 11.9 Å². The van der Waals surface area contributed by atoms with Gasteiger partial charge < -0.3 is 20.1 Å². The van der Waals surface area contributed by atoms with Crippen molar-refractivity contribution in [2.24, 2.45) is 0 Å². The third-order valence-electron chi connectivity index (χ3n) is 2.85. The van der Waals surface area contributed by atoms with Crippen LogP contribution in [0.25, 0.3) is 0 Å². The molecule has 1 saturated heterocycles. The van der Waals surface area contributed by atoms with Gasteiger partial charge in [0, 0.05) is 6.54 Å². The number of nitrogen functional groups attached to an aromatic ring is 1. The number of rotatable bonds is 4. The second kappa shape index (κ2) is 5.81. The van der Waals surface area contributed by atoms with E-state index in [-0.39, 0.29) is 18.0 Å². The fourth-order valence-corrected chi connectivity index (χ4v) is 1.94. The predicted octanol–water partition coefficient (Wildman–Crippen LogP) is 0.468. The molecule has 0 amide bonds. The summed E-state index contributed by atoms with van der Waals surface area (Å²) in [7, 11) is 0. The van der Waals surface area contributed by atoms with E-state index in [9.17, 15) is 0 Å². The first kappa shape index (κ1) is 12.8. The fourth-order valence-electron chi connectivity index (χ4n) is 1.94. The molecule has 7 nitrogen and oxygen atoms in total. The van der Waals surface area contributed by atoms with Crippen LogP contribution in [-0.2, 0) is 4.74 Å². The standard InChI is InChI=1S/C11H19N5O2/c1-3-8-7-17-6-5-16(8)10-13-9(12)14-11(15-10)18-4-2/h8H,3-7H2,1-2H3,(H2,12,13,14,15). The molecule has 1 aliphatic heterocycles. The van der Waals surface area contributed by atoms with Gasteiger partial charge in [-0.2, -0.15) is 15.0 Å². The van der Waals surface area contributed by atoms with Crippen LogP contribution in [0.5, 0.6) is 6.01 Å². The normalized spacial score (nSPS) is 19.9. The van der Waals surface area contributed by atoms with Crippen molar-refractivity contribution in [1.29, 1.82) is 0 Å². The molecule has 1 aromatic rings. The maximum absolute atomic E-state index is 5.68. The van der Waals surface area contributed by atoms with Crippen LogP contribution in [0.4, 0.5) is 11.9 Å². The van der Waals surface area contributed by atoms with Crippen LogP contribution in [0.3, 0.4) is 0 Å². The Morgan fingerprint density at radius 2 is 2.22 bits per heavy atom. The quantitative estimate of drug-likeness (QED) is 0.834. The van der Waals surface area contributed by atoms with Crippen LogP contribution in [0, 0.1) is 0 Å². The highest BCUT2D eigenvalue weighted by molar-refractivity contribution is 5.37. The number of anilines is 2. The summed E-state index contributed by atoms with van der Waals surface area (Å²) in [5, 5.41) is 0. The molecule has 18 heavy (non-hydrogen) atoms. The first-order valence-corrected chi connectivity index (χ1v) is 6.23. The Kier molecular flexibility index (Phi) is 4.14. The summed E-state index contributed by atoms with van der Waals surface area (Å²) in [6.45, 7) is 6.61. The minimum Gasteiger partial charge on any atom is -0.464 e. The van der Waals surface area contributed by atoms with E-state index >= 15 is 0 Å². The van der Waals surface area contributed by atoms with Crippen LogP contribution < -0.4 is 15.4 Å². The van der Waals surface area contributed by atoms with Crippen LogP contribution in [-0.4, -0.2) is 47.4 Å². The fraction of sp³-hybridized carbons (Fsp3) is 0.727. The van der Waals surface area contributed by atoms with Crippen molar-refractivity contribution in [2.45, 2.75) is 26.3 Å². The zero-order valence-corrected chi connectivity index (χ0v) is 10.8. The zero-order chi connectivity index (χ0) is 13.0. The Balaban J connectivity index is 2.24. The molecule has 2 N–H and O–H groups in total. The van der Waals surface area contributed by atoms with E-state index in [0.29, 0.717) is 25.8 Å². The SMILES string of the molecule is CCOc1nc(N)nc(N2CCOCC2CC)n1. The zero-order valence-electron chi connectivity index (χ0n) is 10.8. The van der Waals surface area contributed by atoms with E-state index in [1.165, 1.54) is 0 Å². The molecule has 0 bridgehead atoms. The summed E-state index contributed by atoms with van der Waals surface area (Å²) in [6.07, 6.45) is 0.968. The summed E-state index contributed by atoms with van der Waals surface area (Å²) in [4.78, 5) is 14.5. The molecule has 0 spiro atoms. The van der Waals surface area contributed by atoms with Crippen molar-refractivity contribution in [3.8, 4) is 6.01 Å². The topological polar surface area (TPSA) is 86.4 Å². The van der Waals surface area contributed by atoms with Gasteiger partial charge in [0.2, 0.25) is 11.9 Å².